The maximum atomic E-state index is 10.8. The summed E-state index contributed by atoms with van der Waals surface area (Å²) in [5.41, 5.74) is 7.00. The smallest absolute Gasteiger partial charge is 0.368 e. The molecule has 2 aromatic heterocycles. The number of phosphoric acid groups is 1. The molecule has 25 heavy (non-hydrogen) atoms. The number of nitrogen functional groups attached to an aromatic ring is 1. The second-order valence-corrected chi connectivity index (χ2v) is 7.68. The first-order valence-electron chi connectivity index (χ1n) is 8.05. The highest BCUT2D eigenvalue weighted by atomic mass is 31.2. The van der Waals surface area contributed by atoms with Crippen molar-refractivity contribution in [1.29, 1.82) is 0 Å². The van der Waals surface area contributed by atoms with Gasteiger partial charge < -0.3 is 25.8 Å². The monoisotopic (exact) mass is 366 g/mol. The molecule has 0 amide bonds. The Morgan fingerprint density at radius 3 is 2.84 bits per heavy atom. The van der Waals surface area contributed by atoms with Gasteiger partial charge in [0.25, 0.3) is 0 Å². The van der Waals surface area contributed by atoms with Gasteiger partial charge in [-0.2, -0.15) is 9.97 Å². The lowest BCUT2D eigenvalue weighted by molar-refractivity contribution is 0.178. The quantitative estimate of drug-likeness (QED) is 0.375. The molecular formula is C14H19N6O4P. The molecule has 0 aromatic carbocycles. The van der Waals surface area contributed by atoms with E-state index in [0.29, 0.717) is 23.9 Å². The maximum absolute atomic E-state index is 10.8. The van der Waals surface area contributed by atoms with Gasteiger partial charge in [-0.1, -0.05) is 12.2 Å². The van der Waals surface area contributed by atoms with Crippen molar-refractivity contribution in [3.05, 3.63) is 18.0 Å². The second kappa shape index (κ2) is 6.06. The van der Waals surface area contributed by atoms with Gasteiger partial charge in [0.2, 0.25) is 5.95 Å². The predicted molar refractivity (Wildman–Crippen MR) is 90.7 cm³/mol. The van der Waals surface area contributed by atoms with E-state index in [0.717, 1.165) is 24.2 Å². The molecule has 0 saturated heterocycles. The number of hydrogen-bond donors (Lipinski definition) is 5. The van der Waals surface area contributed by atoms with Gasteiger partial charge in [0.1, 0.15) is 11.3 Å². The minimum absolute atomic E-state index is 0.00503. The average Bonchev–Trinajstić information content (AvgIpc) is 3.06. The van der Waals surface area contributed by atoms with Gasteiger partial charge in [-0.3, -0.25) is 4.52 Å². The van der Waals surface area contributed by atoms with Crippen LogP contribution in [0.15, 0.2) is 12.2 Å². The second-order valence-electron chi connectivity index (χ2n) is 6.44. The summed E-state index contributed by atoms with van der Waals surface area (Å²) in [4.78, 5) is 33.8. The fraction of sp³-hybridized carbons (Fsp3) is 0.500. The Labute approximate surface area is 143 Å². The predicted octanol–water partition coefficient (Wildman–Crippen LogP) is 1.28. The van der Waals surface area contributed by atoms with E-state index < -0.39 is 7.82 Å². The summed E-state index contributed by atoms with van der Waals surface area (Å²) in [5, 5.41) is 3.32. The van der Waals surface area contributed by atoms with Crippen LogP contribution in [0.25, 0.3) is 11.2 Å². The lowest BCUT2D eigenvalue weighted by Gasteiger charge is -2.11. The highest BCUT2D eigenvalue weighted by Gasteiger charge is 2.27. The normalized spacial score (nSPS) is 23.4. The van der Waals surface area contributed by atoms with Crippen molar-refractivity contribution >= 4 is 30.8 Å². The average molecular weight is 366 g/mol. The molecule has 0 spiro atoms. The highest BCUT2D eigenvalue weighted by Crippen LogP contribution is 2.39. The Bertz CT molecular complexity index is 874. The lowest BCUT2D eigenvalue weighted by Crippen LogP contribution is -2.06. The third-order valence-electron chi connectivity index (χ3n) is 4.29. The molecule has 0 bridgehead atoms. The van der Waals surface area contributed by atoms with Crippen molar-refractivity contribution < 1.29 is 18.9 Å². The van der Waals surface area contributed by atoms with Gasteiger partial charge in [0, 0.05) is 17.9 Å². The zero-order valence-electron chi connectivity index (χ0n) is 13.3. The number of rotatable bonds is 6. The molecular weight excluding hydrogens is 347 g/mol. The van der Waals surface area contributed by atoms with Crippen molar-refractivity contribution in [2.24, 2.45) is 5.92 Å². The van der Waals surface area contributed by atoms with Gasteiger partial charge in [0.15, 0.2) is 11.5 Å². The van der Waals surface area contributed by atoms with Crippen LogP contribution in [0.1, 0.15) is 31.0 Å². The topological polar surface area (TPSA) is 159 Å². The number of phosphoric ester groups is 1. The first kappa shape index (κ1) is 16.5. The number of allylic oxidation sites excluding steroid dienone is 1. The molecule has 2 atom stereocenters. The van der Waals surface area contributed by atoms with E-state index in [2.05, 4.69) is 29.8 Å². The van der Waals surface area contributed by atoms with E-state index in [1.165, 1.54) is 0 Å². The molecule has 2 aromatic rings. The standard InChI is InChI=1S/C14H19N6O4P/c15-14-19-12(16-9-3-4-9)10-13(20-14)18-11(17-10)8-2-1-7(5-8)6-24-25(21,22)23/h1-2,7-9H,3-6H2,(H2,21,22,23)(H4,15,16,17,18,19,20)/t7-,8+/m1/s1. The molecule has 0 aliphatic heterocycles. The third-order valence-corrected chi connectivity index (χ3v) is 4.77. The minimum Gasteiger partial charge on any atom is -0.368 e. The van der Waals surface area contributed by atoms with Crippen LogP contribution >= 0.6 is 7.82 Å². The summed E-state index contributed by atoms with van der Waals surface area (Å²) < 4.78 is 15.4. The van der Waals surface area contributed by atoms with E-state index in [-0.39, 0.29) is 24.4 Å². The summed E-state index contributed by atoms with van der Waals surface area (Å²) >= 11 is 0. The number of H-pyrrole nitrogens is 1. The number of nitrogens with two attached hydrogens (primary N) is 1. The van der Waals surface area contributed by atoms with Crippen LogP contribution < -0.4 is 11.1 Å². The van der Waals surface area contributed by atoms with Gasteiger partial charge in [-0.15, -0.1) is 0 Å². The molecule has 0 radical (unpaired) electrons. The minimum atomic E-state index is -4.45. The van der Waals surface area contributed by atoms with E-state index in [1.807, 2.05) is 12.2 Å². The zero-order chi connectivity index (χ0) is 17.6. The number of aromatic nitrogens is 4. The fourth-order valence-corrected chi connectivity index (χ4v) is 3.31. The Hall–Kier alpha value is -2.00. The summed E-state index contributed by atoms with van der Waals surface area (Å²) in [6, 6.07) is 0.421. The van der Waals surface area contributed by atoms with Gasteiger partial charge in [0.05, 0.1) is 6.61 Å². The molecule has 0 unspecified atom stereocenters. The van der Waals surface area contributed by atoms with Gasteiger partial charge >= 0.3 is 7.82 Å². The van der Waals surface area contributed by atoms with Crippen molar-refractivity contribution in [2.45, 2.75) is 31.2 Å². The number of anilines is 2. The summed E-state index contributed by atoms with van der Waals surface area (Å²) in [6.45, 7) is -0.0290. The number of hydrogen-bond acceptors (Lipinski definition) is 7. The fourth-order valence-electron chi connectivity index (χ4n) is 2.93. The third kappa shape index (κ3) is 3.82. The Morgan fingerprint density at radius 2 is 2.12 bits per heavy atom. The Morgan fingerprint density at radius 1 is 1.32 bits per heavy atom. The maximum Gasteiger partial charge on any atom is 0.469 e. The van der Waals surface area contributed by atoms with E-state index in [1.54, 1.807) is 0 Å². The van der Waals surface area contributed by atoms with Gasteiger partial charge in [-0.05, 0) is 19.3 Å². The summed E-state index contributed by atoms with van der Waals surface area (Å²) in [7, 11) is -4.45. The zero-order valence-corrected chi connectivity index (χ0v) is 14.2. The molecule has 10 nitrogen and oxygen atoms in total. The summed E-state index contributed by atoms with van der Waals surface area (Å²) in [6.07, 6.45) is 6.71. The van der Waals surface area contributed by atoms with Crippen LogP contribution in [0.2, 0.25) is 0 Å². The Balaban J connectivity index is 1.52. The number of nitrogens with zero attached hydrogens (tertiary/aromatic N) is 3. The number of imidazole rings is 1. The first-order chi connectivity index (χ1) is 11.9. The van der Waals surface area contributed by atoms with Crippen LogP contribution in [0.4, 0.5) is 11.8 Å². The number of nitrogens with one attached hydrogen (secondary N) is 2. The molecule has 1 fully saturated rings. The largest absolute Gasteiger partial charge is 0.469 e. The van der Waals surface area contributed by atoms with Crippen LogP contribution in [-0.4, -0.2) is 42.4 Å². The molecule has 6 N–H and O–H groups in total. The van der Waals surface area contributed by atoms with Crippen LogP contribution in [-0.2, 0) is 9.09 Å². The van der Waals surface area contributed by atoms with Crippen molar-refractivity contribution in [2.75, 3.05) is 17.7 Å². The first-order valence-corrected chi connectivity index (χ1v) is 9.58. The van der Waals surface area contributed by atoms with Crippen LogP contribution in [0.5, 0.6) is 0 Å². The molecule has 2 aliphatic carbocycles. The molecule has 2 heterocycles. The summed E-state index contributed by atoms with van der Waals surface area (Å²) in [5.74, 6) is 1.47. The van der Waals surface area contributed by atoms with E-state index in [4.69, 9.17) is 15.5 Å². The van der Waals surface area contributed by atoms with Crippen LogP contribution in [0, 0.1) is 5.92 Å². The van der Waals surface area contributed by atoms with E-state index >= 15 is 0 Å². The Kier molecular flexibility index (Phi) is 3.99. The van der Waals surface area contributed by atoms with E-state index in [9.17, 15) is 4.57 Å². The molecule has 11 heteroatoms. The number of fused-ring (bicyclic) bond motifs is 1. The molecule has 1 saturated carbocycles. The van der Waals surface area contributed by atoms with Crippen molar-refractivity contribution in [3.63, 3.8) is 0 Å². The van der Waals surface area contributed by atoms with Gasteiger partial charge in [-0.25, -0.2) is 9.55 Å². The lowest BCUT2D eigenvalue weighted by atomic mass is 10.0. The molecule has 4 rings (SSSR count). The number of aromatic amines is 1. The molecule has 2 aliphatic rings. The van der Waals surface area contributed by atoms with Crippen molar-refractivity contribution in [1.82, 2.24) is 19.9 Å². The SMILES string of the molecule is Nc1nc(NC2CC2)c2[nH]c([C@H]3C=C[C@@H](COP(=O)(O)O)C3)nc2n1. The van der Waals surface area contributed by atoms with Crippen LogP contribution in [0.3, 0.4) is 0 Å². The van der Waals surface area contributed by atoms with Crippen molar-refractivity contribution in [3.8, 4) is 0 Å². The highest BCUT2D eigenvalue weighted by molar-refractivity contribution is 7.46. The molecule has 134 valence electrons.